The third-order valence-electron chi connectivity index (χ3n) is 4.06. The zero-order chi connectivity index (χ0) is 13.0. The minimum atomic E-state index is -0.349. The van der Waals surface area contributed by atoms with Gasteiger partial charge in [0, 0.05) is 16.4 Å². The normalized spacial score (nSPS) is 21.6. The van der Waals surface area contributed by atoms with Gasteiger partial charge in [-0.15, -0.1) is 0 Å². The summed E-state index contributed by atoms with van der Waals surface area (Å²) in [6.45, 7) is 1.28. The number of β-amino-alcohol motifs (C(OH)–C–C–N with tert-alkyl or cyclic N) is 1. The average Bonchev–Trinajstić information content (AvgIpc) is 2.62. The molecular formula is C15H15BrN2O. The Kier molecular flexibility index (Phi) is 2.50. The Balaban J connectivity index is 2.13. The molecule has 2 aliphatic rings. The Hall–Kier alpha value is -1.26. The molecule has 1 aliphatic heterocycles. The number of aryl methyl sites for hydroxylation is 1. The monoisotopic (exact) mass is 318 g/mol. The molecule has 2 N–H and O–H groups in total. The minimum Gasteiger partial charge on any atom is -0.389 e. The van der Waals surface area contributed by atoms with Crippen LogP contribution < -0.4 is 5.32 Å². The number of nitrogens with zero attached hydrogens (tertiary/aromatic N) is 1. The van der Waals surface area contributed by atoms with Gasteiger partial charge in [0.15, 0.2) is 0 Å². The second kappa shape index (κ2) is 4.12. The van der Waals surface area contributed by atoms with Gasteiger partial charge in [-0.05, 0) is 40.4 Å². The van der Waals surface area contributed by atoms with E-state index in [1.807, 2.05) is 0 Å². The number of halogens is 1. The Labute approximate surface area is 120 Å². The van der Waals surface area contributed by atoms with E-state index < -0.39 is 0 Å². The third kappa shape index (κ3) is 1.60. The fraction of sp³-hybridized carbons (Fsp3) is 0.333. The molecular weight excluding hydrogens is 304 g/mol. The quantitative estimate of drug-likeness (QED) is 0.783. The van der Waals surface area contributed by atoms with Gasteiger partial charge in [0.05, 0.1) is 29.6 Å². The van der Waals surface area contributed by atoms with Crippen LogP contribution in [-0.2, 0) is 13.0 Å². The molecule has 0 spiro atoms. The van der Waals surface area contributed by atoms with Gasteiger partial charge in [-0.1, -0.05) is 18.2 Å². The summed E-state index contributed by atoms with van der Waals surface area (Å²) in [6, 6.07) is 6.35. The highest BCUT2D eigenvalue weighted by molar-refractivity contribution is 9.10. The van der Waals surface area contributed by atoms with E-state index in [1.165, 1.54) is 27.9 Å². The van der Waals surface area contributed by atoms with Crippen LogP contribution in [0, 0.1) is 0 Å². The minimum absolute atomic E-state index is 0.349. The first-order valence-electron chi connectivity index (χ1n) is 6.68. The number of rotatable bonds is 0. The standard InChI is InChI=1S/C15H15BrN2O/c16-12-5-1-3-10-11-4-2-6-13-15(11)18(14(10)12)8-9(19)7-17-13/h1,3,5-6,9,17,19H,2,4,7-8H2. The van der Waals surface area contributed by atoms with Gasteiger partial charge >= 0.3 is 0 Å². The van der Waals surface area contributed by atoms with E-state index in [4.69, 9.17) is 0 Å². The predicted molar refractivity (Wildman–Crippen MR) is 79.9 cm³/mol. The zero-order valence-corrected chi connectivity index (χ0v) is 12.1. The maximum atomic E-state index is 10.1. The third-order valence-corrected chi connectivity index (χ3v) is 4.70. The van der Waals surface area contributed by atoms with E-state index in [0.29, 0.717) is 13.1 Å². The molecule has 4 rings (SSSR count). The molecule has 0 radical (unpaired) electrons. The highest BCUT2D eigenvalue weighted by atomic mass is 79.9. The molecule has 3 nitrogen and oxygen atoms in total. The van der Waals surface area contributed by atoms with Crippen molar-refractivity contribution in [1.82, 2.24) is 9.88 Å². The number of fused-ring (bicyclic) bond motifs is 3. The smallest absolute Gasteiger partial charge is 0.0891 e. The number of aliphatic hydroxyl groups is 1. The van der Waals surface area contributed by atoms with Gasteiger partial charge in [-0.2, -0.15) is 0 Å². The number of nitrogens with one attached hydrogen (secondary N) is 1. The van der Waals surface area contributed by atoms with E-state index in [0.717, 1.165) is 17.3 Å². The van der Waals surface area contributed by atoms with Crippen LogP contribution in [0.15, 0.2) is 28.7 Å². The molecule has 2 aromatic rings. The molecule has 0 bridgehead atoms. The number of aliphatic hydroxyl groups excluding tert-OH is 1. The summed E-state index contributed by atoms with van der Waals surface area (Å²) >= 11 is 3.66. The number of allylic oxidation sites excluding steroid dienone is 1. The molecule has 0 fully saturated rings. The van der Waals surface area contributed by atoms with Crippen molar-refractivity contribution < 1.29 is 5.11 Å². The Morgan fingerprint density at radius 3 is 3.16 bits per heavy atom. The summed E-state index contributed by atoms with van der Waals surface area (Å²) < 4.78 is 3.37. The van der Waals surface area contributed by atoms with Gasteiger partial charge in [0.2, 0.25) is 0 Å². The van der Waals surface area contributed by atoms with Gasteiger partial charge in [-0.3, -0.25) is 0 Å². The molecule has 2 heterocycles. The molecule has 1 aromatic heterocycles. The first-order valence-corrected chi connectivity index (χ1v) is 7.47. The second-order valence-corrected chi connectivity index (χ2v) is 6.12. The Morgan fingerprint density at radius 1 is 1.37 bits per heavy atom. The first kappa shape index (κ1) is 11.6. The molecule has 19 heavy (non-hydrogen) atoms. The lowest BCUT2D eigenvalue weighted by atomic mass is 9.98. The molecule has 1 aliphatic carbocycles. The van der Waals surface area contributed by atoms with Crippen LogP contribution in [0.25, 0.3) is 16.6 Å². The topological polar surface area (TPSA) is 37.2 Å². The molecule has 1 aromatic carbocycles. The summed E-state index contributed by atoms with van der Waals surface area (Å²) in [5.41, 5.74) is 5.07. The van der Waals surface area contributed by atoms with E-state index in [9.17, 15) is 5.11 Å². The van der Waals surface area contributed by atoms with Crippen molar-refractivity contribution in [3.63, 3.8) is 0 Å². The fourth-order valence-electron chi connectivity index (χ4n) is 3.30. The highest BCUT2D eigenvalue weighted by Gasteiger charge is 2.27. The molecule has 1 atom stereocenters. The first-order chi connectivity index (χ1) is 9.25. The van der Waals surface area contributed by atoms with Crippen molar-refractivity contribution in [2.75, 3.05) is 6.54 Å². The number of benzene rings is 1. The lowest BCUT2D eigenvalue weighted by Crippen LogP contribution is -2.25. The zero-order valence-electron chi connectivity index (χ0n) is 10.5. The second-order valence-electron chi connectivity index (χ2n) is 5.26. The van der Waals surface area contributed by atoms with E-state index in [-0.39, 0.29) is 6.10 Å². The molecule has 4 heteroatoms. The summed E-state index contributed by atoms with van der Waals surface area (Å²) in [5, 5.41) is 14.8. The van der Waals surface area contributed by atoms with Crippen LogP contribution in [0.5, 0.6) is 0 Å². The average molecular weight is 319 g/mol. The number of hydrogen-bond donors (Lipinski definition) is 2. The molecule has 0 saturated carbocycles. The van der Waals surface area contributed by atoms with Gasteiger partial charge < -0.3 is 15.0 Å². The lowest BCUT2D eigenvalue weighted by Gasteiger charge is -2.15. The Morgan fingerprint density at radius 2 is 2.26 bits per heavy atom. The fourth-order valence-corrected chi connectivity index (χ4v) is 3.88. The predicted octanol–water partition coefficient (Wildman–Crippen LogP) is 2.66. The molecule has 0 saturated heterocycles. The number of para-hydroxylation sites is 1. The van der Waals surface area contributed by atoms with Crippen molar-refractivity contribution in [2.24, 2.45) is 0 Å². The molecule has 98 valence electrons. The number of hydrogen-bond acceptors (Lipinski definition) is 2. The molecule has 0 amide bonds. The molecule has 1 unspecified atom stereocenters. The van der Waals surface area contributed by atoms with Crippen molar-refractivity contribution in [2.45, 2.75) is 25.5 Å². The Bertz CT molecular complexity index is 702. The van der Waals surface area contributed by atoms with Crippen LogP contribution in [0.4, 0.5) is 0 Å². The van der Waals surface area contributed by atoms with Crippen LogP contribution in [0.1, 0.15) is 17.7 Å². The maximum absolute atomic E-state index is 10.1. The lowest BCUT2D eigenvalue weighted by molar-refractivity contribution is 0.161. The summed E-state index contributed by atoms with van der Waals surface area (Å²) in [7, 11) is 0. The summed E-state index contributed by atoms with van der Waals surface area (Å²) in [6.07, 6.45) is 4.05. The van der Waals surface area contributed by atoms with E-state index >= 15 is 0 Å². The van der Waals surface area contributed by atoms with Crippen LogP contribution in [0.3, 0.4) is 0 Å². The van der Waals surface area contributed by atoms with Crippen LogP contribution in [-0.4, -0.2) is 22.3 Å². The van der Waals surface area contributed by atoms with E-state index in [2.05, 4.69) is 50.1 Å². The van der Waals surface area contributed by atoms with Crippen molar-refractivity contribution in [3.05, 3.63) is 40.0 Å². The van der Waals surface area contributed by atoms with Gasteiger partial charge in [-0.25, -0.2) is 0 Å². The number of aromatic nitrogens is 1. The van der Waals surface area contributed by atoms with Crippen molar-refractivity contribution in [3.8, 4) is 0 Å². The summed E-state index contributed by atoms with van der Waals surface area (Å²) in [5.74, 6) is 0. The highest BCUT2D eigenvalue weighted by Crippen LogP contribution is 2.38. The van der Waals surface area contributed by atoms with Crippen LogP contribution in [0.2, 0.25) is 0 Å². The van der Waals surface area contributed by atoms with Crippen molar-refractivity contribution >= 4 is 32.5 Å². The largest absolute Gasteiger partial charge is 0.389 e. The SMILES string of the molecule is OC1CNC2=CCCc3c2n(c2c(Br)cccc32)C1. The van der Waals surface area contributed by atoms with Gasteiger partial charge in [0.25, 0.3) is 0 Å². The maximum Gasteiger partial charge on any atom is 0.0891 e. The van der Waals surface area contributed by atoms with Gasteiger partial charge in [0.1, 0.15) is 0 Å². The van der Waals surface area contributed by atoms with E-state index in [1.54, 1.807) is 0 Å². The van der Waals surface area contributed by atoms with Crippen LogP contribution >= 0.6 is 15.9 Å². The summed E-state index contributed by atoms with van der Waals surface area (Å²) in [4.78, 5) is 0. The van der Waals surface area contributed by atoms with Crippen molar-refractivity contribution in [1.29, 1.82) is 0 Å².